The van der Waals surface area contributed by atoms with E-state index >= 15 is 0 Å². The van der Waals surface area contributed by atoms with E-state index in [1.54, 1.807) is 0 Å². The third-order valence-corrected chi connectivity index (χ3v) is 3.66. The molecule has 0 bridgehead atoms. The molecule has 0 saturated heterocycles. The molecule has 1 heteroatoms. The number of hydrogen-bond acceptors (Lipinski definition) is 1. The van der Waals surface area contributed by atoms with Crippen LogP contribution in [-0.4, -0.2) is 11.2 Å². The fourth-order valence-electron chi connectivity index (χ4n) is 2.44. The standard InChI is InChI=1S/C23H24O/c1-3-22(16-14-20-10-6-4-7-11-20)23(18-19(2)24)17-15-21-12-8-5-9-13-21/h4-13,15,17,19,24H,3,18H2,1-2H3/b17-15+,23-22-. The Morgan fingerprint density at radius 1 is 1.04 bits per heavy atom. The molecule has 1 atom stereocenters. The number of rotatable bonds is 5. The number of aliphatic hydroxyl groups excluding tert-OH is 1. The average molecular weight is 316 g/mol. The van der Waals surface area contributed by atoms with Gasteiger partial charge in [0.25, 0.3) is 0 Å². The molecule has 1 nitrogen and oxygen atoms in total. The SMILES string of the molecule is CC/C(C#Cc1ccccc1)=C(\C=C\c1ccccc1)CC(C)O. The summed E-state index contributed by atoms with van der Waals surface area (Å²) in [5, 5.41) is 9.83. The Bertz CT molecular complexity index is 741. The van der Waals surface area contributed by atoms with Crippen molar-refractivity contribution in [3.05, 3.63) is 89.0 Å². The third kappa shape index (κ3) is 5.91. The van der Waals surface area contributed by atoms with Crippen molar-refractivity contribution >= 4 is 6.08 Å². The van der Waals surface area contributed by atoms with Gasteiger partial charge in [-0.1, -0.05) is 79.4 Å². The molecule has 122 valence electrons. The highest BCUT2D eigenvalue weighted by molar-refractivity contribution is 5.55. The Hall–Kier alpha value is -2.56. The van der Waals surface area contributed by atoms with Gasteiger partial charge in [0.05, 0.1) is 6.10 Å². The van der Waals surface area contributed by atoms with Crippen molar-refractivity contribution in [3.8, 4) is 11.8 Å². The van der Waals surface area contributed by atoms with E-state index in [1.165, 1.54) is 0 Å². The zero-order valence-electron chi connectivity index (χ0n) is 14.4. The van der Waals surface area contributed by atoms with Crippen LogP contribution in [0.5, 0.6) is 0 Å². The molecule has 0 heterocycles. The van der Waals surface area contributed by atoms with Gasteiger partial charge in [-0.25, -0.2) is 0 Å². The molecule has 0 aromatic heterocycles. The van der Waals surface area contributed by atoms with Crippen molar-refractivity contribution in [2.45, 2.75) is 32.8 Å². The molecule has 0 saturated carbocycles. The highest BCUT2D eigenvalue weighted by atomic mass is 16.3. The first kappa shape index (κ1) is 17.8. The summed E-state index contributed by atoms with van der Waals surface area (Å²) in [6, 6.07) is 20.2. The smallest absolute Gasteiger partial charge is 0.0552 e. The minimum atomic E-state index is -0.388. The molecule has 1 unspecified atom stereocenters. The summed E-state index contributed by atoms with van der Waals surface area (Å²) in [5.74, 6) is 6.52. The number of benzene rings is 2. The lowest BCUT2D eigenvalue weighted by molar-refractivity contribution is 0.196. The Kier molecular flexibility index (Phi) is 7.08. The second-order valence-electron chi connectivity index (χ2n) is 5.77. The van der Waals surface area contributed by atoms with E-state index in [4.69, 9.17) is 0 Å². The van der Waals surface area contributed by atoms with Crippen molar-refractivity contribution in [1.29, 1.82) is 0 Å². The molecule has 2 aromatic carbocycles. The van der Waals surface area contributed by atoms with Gasteiger partial charge in [0.2, 0.25) is 0 Å². The molecule has 2 rings (SSSR count). The lowest BCUT2D eigenvalue weighted by atomic mass is 9.99. The van der Waals surface area contributed by atoms with E-state index in [0.29, 0.717) is 6.42 Å². The van der Waals surface area contributed by atoms with E-state index in [-0.39, 0.29) is 6.10 Å². The summed E-state index contributed by atoms with van der Waals surface area (Å²) in [5.41, 5.74) is 4.32. The number of aliphatic hydroxyl groups is 1. The maximum Gasteiger partial charge on any atom is 0.0552 e. The summed E-state index contributed by atoms with van der Waals surface area (Å²) >= 11 is 0. The van der Waals surface area contributed by atoms with Gasteiger partial charge < -0.3 is 5.11 Å². The van der Waals surface area contributed by atoms with Gasteiger partial charge in [-0.2, -0.15) is 0 Å². The van der Waals surface area contributed by atoms with Crippen molar-refractivity contribution in [3.63, 3.8) is 0 Å². The number of allylic oxidation sites excluding steroid dienone is 2. The van der Waals surface area contributed by atoms with Crippen molar-refractivity contribution in [2.75, 3.05) is 0 Å². The van der Waals surface area contributed by atoms with E-state index in [9.17, 15) is 5.11 Å². The zero-order valence-corrected chi connectivity index (χ0v) is 14.4. The van der Waals surface area contributed by atoms with Gasteiger partial charge in [-0.3, -0.25) is 0 Å². The van der Waals surface area contributed by atoms with Gasteiger partial charge in [-0.05, 0) is 43.0 Å². The van der Waals surface area contributed by atoms with Gasteiger partial charge >= 0.3 is 0 Å². The fourth-order valence-corrected chi connectivity index (χ4v) is 2.44. The zero-order chi connectivity index (χ0) is 17.2. The molecule has 0 amide bonds. The summed E-state index contributed by atoms with van der Waals surface area (Å²) in [7, 11) is 0. The second kappa shape index (κ2) is 9.55. The van der Waals surface area contributed by atoms with Crippen LogP contribution in [-0.2, 0) is 0 Å². The molecule has 2 aromatic rings. The quantitative estimate of drug-likeness (QED) is 0.591. The first-order chi connectivity index (χ1) is 11.7. The minimum Gasteiger partial charge on any atom is -0.393 e. The first-order valence-corrected chi connectivity index (χ1v) is 8.39. The number of hydrogen-bond donors (Lipinski definition) is 1. The maximum absolute atomic E-state index is 9.83. The van der Waals surface area contributed by atoms with Crippen LogP contribution >= 0.6 is 0 Å². The van der Waals surface area contributed by atoms with Gasteiger partial charge in [0.15, 0.2) is 0 Å². The van der Waals surface area contributed by atoms with Gasteiger partial charge in [0, 0.05) is 11.1 Å². The lowest BCUT2D eigenvalue weighted by Crippen LogP contribution is -2.02. The maximum atomic E-state index is 9.83. The molecule has 0 aliphatic carbocycles. The molecule has 0 aliphatic heterocycles. The monoisotopic (exact) mass is 316 g/mol. The molecule has 1 N–H and O–H groups in total. The van der Waals surface area contributed by atoms with Crippen LogP contribution in [0, 0.1) is 11.8 Å². The molecular weight excluding hydrogens is 292 g/mol. The van der Waals surface area contributed by atoms with Crippen molar-refractivity contribution < 1.29 is 5.11 Å². The molecule has 0 spiro atoms. The Balaban J connectivity index is 2.33. The third-order valence-electron chi connectivity index (χ3n) is 3.66. The summed E-state index contributed by atoms with van der Waals surface area (Å²) in [6.07, 6.45) is 5.23. The average Bonchev–Trinajstić information content (AvgIpc) is 2.61. The first-order valence-electron chi connectivity index (χ1n) is 8.39. The van der Waals surface area contributed by atoms with Crippen LogP contribution < -0.4 is 0 Å². The highest BCUT2D eigenvalue weighted by Gasteiger charge is 2.05. The molecule has 0 fully saturated rings. The van der Waals surface area contributed by atoms with Crippen LogP contribution in [0.25, 0.3) is 6.08 Å². The van der Waals surface area contributed by atoms with E-state index in [1.807, 2.05) is 55.5 Å². The Morgan fingerprint density at radius 2 is 1.67 bits per heavy atom. The van der Waals surface area contributed by atoms with E-state index < -0.39 is 0 Å². The van der Waals surface area contributed by atoms with Gasteiger partial charge in [-0.15, -0.1) is 0 Å². The van der Waals surface area contributed by atoms with Crippen LogP contribution in [0.15, 0.2) is 77.9 Å². The second-order valence-corrected chi connectivity index (χ2v) is 5.77. The van der Waals surface area contributed by atoms with Crippen LogP contribution in [0.1, 0.15) is 37.8 Å². The summed E-state index contributed by atoms with van der Waals surface area (Å²) in [4.78, 5) is 0. The minimum absolute atomic E-state index is 0.388. The Labute approximate surface area is 145 Å². The predicted octanol–water partition coefficient (Wildman–Crippen LogP) is 5.23. The molecule has 0 aliphatic rings. The largest absolute Gasteiger partial charge is 0.393 e. The van der Waals surface area contributed by atoms with Crippen LogP contribution in [0.2, 0.25) is 0 Å². The van der Waals surface area contributed by atoms with E-state index in [0.717, 1.165) is 28.7 Å². The lowest BCUT2D eigenvalue weighted by Gasteiger charge is -2.09. The van der Waals surface area contributed by atoms with E-state index in [2.05, 4.69) is 43.0 Å². The van der Waals surface area contributed by atoms with Crippen LogP contribution in [0.4, 0.5) is 0 Å². The molecular formula is C23H24O. The molecule has 24 heavy (non-hydrogen) atoms. The topological polar surface area (TPSA) is 20.2 Å². The normalized spacial score (nSPS) is 13.1. The summed E-state index contributed by atoms with van der Waals surface area (Å²) < 4.78 is 0. The summed E-state index contributed by atoms with van der Waals surface area (Å²) in [6.45, 7) is 3.92. The molecule has 0 radical (unpaired) electrons. The van der Waals surface area contributed by atoms with Gasteiger partial charge in [0.1, 0.15) is 0 Å². The van der Waals surface area contributed by atoms with Crippen LogP contribution in [0.3, 0.4) is 0 Å². The van der Waals surface area contributed by atoms with Crippen molar-refractivity contribution in [2.24, 2.45) is 0 Å². The fraction of sp³-hybridized carbons (Fsp3) is 0.217. The highest BCUT2D eigenvalue weighted by Crippen LogP contribution is 2.18. The predicted molar refractivity (Wildman–Crippen MR) is 102 cm³/mol. The van der Waals surface area contributed by atoms with Crippen molar-refractivity contribution in [1.82, 2.24) is 0 Å². The Morgan fingerprint density at radius 3 is 2.25 bits per heavy atom.